The highest BCUT2D eigenvalue weighted by Gasteiger charge is 2.26. The molecule has 0 saturated heterocycles. The molecule has 1 aliphatic rings. The Labute approximate surface area is 208 Å². The minimum Gasteiger partial charge on any atom is -0.478 e. The summed E-state index contributed by atoms with van der Waals surface area (Å²) in [6.07, 6.45) is 0. The number of hydrogen-bond donors (Lipinski definition) is 2. The van der Waals surface area contributed by atoms with E-state index in [1.165, 1.54) is 0 Å². The molecular weight excluding hydrogens is 456 g/mol. The second-order valence-electron chi connectivity index (χ2n) is 9.37. The Morgan fingerprint density at radius 2 is 1.83 bits per heavy atom. The summed E-state index contributed by atoms with van der Waals surface area (Å²) >= 11 is 0. The fourth-order valence-electron chi connectivity index (χ4n) is 4.88. The summed E-state index contributed by atoms with van der Waals surface area (Å²) in [5, 5.41) is 13.3. The van der Waals surface area contributed by atoms with Crippen molar-refractivity contribution >= 4 is 28.5 Å². The van der Waals surface area contributed by atoms with E-state index in [1.54, 1.807) is 49.2 Å². The number of carboxylic acids is 1. The highest BCUT2D eigenvalue weighted by molar-refractivity contribution is 5.99. The lowest BCUT2D eigenvalue weighted by molar-refractivity contribution is 0.0697. The van der Waals surface area contributed by atoms with Crippen LogP contribution in [-0.4, -0.2) is 28.9 Å². The highest BCUT2D eigenvalue weighted by atomic mass is 16.4. The number of carbonyl (C=O) groups is 2. The minimum absolute atomic E-state index is 0.0208. The van der Waals surface area contributed by atoms with Crippen molar-refractivity contribution in [3.63, 3.8) is 0 Å². The maximum absolute atomic E-state index is 13.5. The molecular formula is C29H26N2O5. The van der Waals surface area contributed by atoms with Gasteiger partial charge in [-0.15, -0.1) is 0 Å². The number of nitrogens with one attached hydrogen (secondary N) is 1. The van der Waals surface area contributed by atoms with Crippen LogP contribution < -0.4 is 10.7 Å². The second kappa shape index (κ2) is 8.68. The number of para-hydroxylation sites is 1. The van der Waals surface area contributed by atoms with Gasteiger partial charge < -0.3 is 19.7 Å². The van der Waals surface area contributed by atoms with Gasteiger partial charge in [0, 0.05) is 41.5 Å². The summed E-state index contributed by atoms with van der Waals surface area (Å²) in [7, 11) is 1.76. The molecule has 0 fully saturated rings. The van der Waals surface area contributed by atoms with Gasteiger partial charge in [0.15, 0.2) is 5.43 Å². The van der Waals surface area contributed by atoms with Crippen molar-refractivity contribution in [3.8, 4) is 11.3 Å². The maximum atomic E-state index is 13.5. The quantitative estimate of drug-likeness (QED) is 0.388. The number of benzene rings is 3. The number of aromatic carboxylic acids is 1. The molecule has 2 N–H and O–H groups in total. The van der Waals surface area contributed by atoms with Crippen LogP contribution in [0.25, 0.3) is 22.3 Å². The van der Waals surface area contributed by atoms with Crippen molar-refractivity contribution in [2.75, 3.05) is 12.4 Å². The molecule has 0 bridgehead atoms. The largest absolute Gasteiger partial charge is 0.478 e. The van der Waals surface area contributed by atoms with Gasteiger partial charge in [-0.25, -0.2) is 4.79 Å². The van der Waals surface area contributed by atoms with E-state index in [0.29, 0.717) is 40.1 Å². The fourth-order valence-corrected chi connectivity index (χ4v) is 4.88. The molecule has 182 valence electrons. The van der Waals surface area contributed by atoms with Crippen molar-refractivity contribution in [3.05, 3.63) is 98.2 Å². The van der Waals surface area contributed by atoms with Gasteiger partial charge in [-0.2, -0.15) is 0 Å². The van der Waals surface area contributed by atoms with Crippen molar-refractivity contribution in [1.82, 2.24) is 4.90 Å². The third kappa shape index (κ3) is 3.82. The maximum Gasteiger partial charge on any atom is 0.337 e. The molecule has 2 heterocycles. The number of amides is 1. The number of rotatable bonds is 5. The van der Waals surface area contributed by atoms with Gasteiger partial charge in [-0.05, 0) is 62.2 Å². The number of carboxylic acid groups (broad SMARTS) is 1. The zero-order valence-electron chi connectivity index (χ0n) is 20.5. The topological polar surface area (TPSA) is 99.8 Å². The van der Waals surface area contributed by atoms with Crippen LogP contribution in [0.4, 0.5) is 5.69 Å². The zero-order valence-corrected chi connectivity index (χ0v) is 20.5. The Kier molecular flexibility index (Phi) is 5.63. The Morgan fingerprint density at radius 3 is 2.58 bits per heavy atom. The van der Waals surface area contributed by atoms with Crippen molar-refractivity contribution in [2.24, 2.45) is 0 Å². The Balaban J connectivity index is 1.65. The molecule has 0 spiro atoms. The minimum atomic E-state index is -1.02. The number of fused-ring (bicyclic) bond motifs is 2. The summed E-state index contributed by atoms with van der Waals surface area (Å²) in [6, 6.07) is 15.6. The predicted molar refractivity (Wildman–Crippen MR) is 139 cm³/mol. The predicted octanol–water partition coefficient (Wildman–Crippen LogP) is 5.53. The van der Waals surface area contributed by atoms with Gasteiger partial charge in [0.1, 0.15) is 11.3 Å². The average Bonchev–Trinajstić information content (AvgIpc) is 3.14. The van der Waals surface area contributed by atoms with Crippen LogP contribution in [0.3, 0.4) is 0 Å². The third-order valence-corrected chi connectivity index (χ3v) is 6.74. The number of aryl methyl sites for hydroxylation is 1. The molecule has 7 nitrogen and oxygen atoms in total. The van der Waals surface area contributed by atoms with Crippen LogP contribution in [0, 0.1) is 13.8 Å². The SMILES string of the molecule is Cc1cc([C@@H](C)Nc2ccccc2C(=O)O)c2oc(-c3ccc4c(c3)CN(C)C4=O)c(C)c(=O)c2c1. The van der Waals surface area contributed by atoms with Crippen molar-refractivity contribution in [2.45, 2.75) is 33.4 Å². The van der Waals surface area contributed by atoms with Gasteiger partial charge in [-0.1, -0.05) is 24.3 Å². The molecule has 1 atom stereocenters. The van der Waals surface area contributed by atoms with E-state index in [0.717, 1.165) is 22.3 Å². The van der Waals surface area contributed by atoms with Crippen molar-refractivity contribution in [1.29, 1.82) is 0 Å². The summed E-state index contributed by atoms with van der Waals surface area (Å²) < 4.78 is 6.44. The molecule has 1 aromatic heterocycles. The zero-order chi connectivity index (χ0) is 25.7. The summed E-state index contributed by atoms with van der Waals surface area (Å²) in [4.78, 5) is 39.1. The first-order chi connectivity index (χ1) is 17.2. The molecule has 4 aromatic rings. The molecule has 3 aromatic carbocycles. The van der Waals surface area contributed by atoms with Crippen LogP contribution in [-0.2, 0) is 6.54 Å². The van der Waals surface area contributed by atoms with Crippen LogP contribution >= 0.6 is 0 Å². The first kappa shape index (κ1) is 23.4. The Bertz CT molecular complexity index is 1620. The molecule has 0 saturated carbocycles. The third-order valence-electron chi connectivity index (χ3n) is 6.74. The first-order valence-corrected chi connectivity index (χ1v) is 11.7. The van der Waals surface area contributed by atoms with Crippen LogP contribution in [0.1, 0.15) is 55.9 Å². The van der Waals surface area contributed by atoms with Gasteiger partial charge in [0.05, 0.1) is 17.0 Å². The molecule has 0 radical (unpaired) electrons. The van der Waals surface area contributed by atoms with E-state index in [2.05, 4.69) is 5.32 Å². The average molecular weight is 483 g/mol. The van der Waals surface area contributed by atoms with E-state index >= 15 is 0 Å². The molecule has 0 aliphatic carbocycles. The summed E-state index contributed by atoms with van der Waals surface area (Å²) in [5.74, 6) is -0.586. The summed E-state index contributed by atoms with van der Waals surface area (Å²) in [5.41, 5.74) is 5.41. The van der Waals surface area contributed by atoms with Crippen LogP contribution in [0.2, 0.25) is 0 Å². The lowest BCUT2D eigenvalue weighted by Crippen LogP contribution is -2.17. The van der Waals surface area contributed by atoms with Gasteiger partial charge >= 0.3 is 5.97 Å². The molecule has 5 rings (SSSR count). The monoisotopic (exact) mass is 482 g/mol. The van der Waals surface area contributed by atoms with Crippen LogP contribution in [0.5, 0.6) is 0 Å². The normalized spacial score (nSPS) is 13.7. The van der Waals surface area contributed by atoms with Crippen LogP contribution in [0.15, 0.2) is 63.8 Å². The van der Waals surface area contributed by atoms with Crippen molar-refractivity contribution < 1.29 is 19.1 Å². The van der Waals surface area contributed by atoms with E-state index in [1.807, 2.05) is 38.1 Å². The Morgan fingerprint density at radius 1 is 1.08 bits per heavy atom. The molecule has 7 heteroatoms. The fraction of sp³-hybridized carbons (Fsp3) is 0.207. The molecule has 1 amide bonds. The van der Waals surface area contributed by atoms with E-state index in [9.17, 15) is 19.5 Å². The van der Waals surface area contributed by atoms with E-state index in [-0.39, 0.29) is 22.9 Å². The number of anilines is 1. The Hall–Kier alpha value is -4.39. The molecule has 36 heavy (non-hydrogen) atoms. The molecule has 0 unspecified atom stereocenters. The van der Waals surface area contributed by atoms with E-state index in [4.69, 9.17) is 4.42 Å². The summed E-state index contributed by atoms with van der Waals surface area (Å²) in [6.45, 7) is 6.08. The number of hydrogen-bond acceptors (Lipinski definition) is 5. The number of nitrogens with zero attached hydrogens (tertiary/aromatic N) is 1. The van der Waals surface area contributed by atoms with Gasteiger partial charge in [0.2, 0.25) is 0 Å². The number of carbonyl (C=O) groups excluding carboxylic acids is 1. The lowest BCUT2D eigenvalue weighted by Gasteiger charge is -2.20. The lowest BCUT2D eigenvalue weighted by atomic mass is 9.97. The first-order valence-electron chi connectivity index (χ1n) is 11.7. The smallest absolute Gasteiger partial charge is 0.337 e. The highest BCUT2D eigenvalue weighted by Crippen LogP contribution is 2.34. The van der Waals surface area contributed by atoms with Gasteiger partial charge in [0.25, 0.3) is 5.91 Å². The van der Waals surface area contributed by atoms with E-state index < -0.39 is 5.97 Å². The second-order valence-corrected chi connectivity index (χ2v) is 9.37. The standard InChI is InChI=1S/C29H26N2O5/c1-15-11-22(17(3)30-24-8-6-5-7-21(24)29(34)35)27-23(12-15)25(32)16(2)26(36-27)18-9-10-20-19(13-18)14-31(4)28(20)33/h5-13,17,30H,14H2,1-4H3,(H,34,35)/t17-/m1/s1. The molecule has 1 aliphatic heterocycles. The van der Waals surface area contributed by atoms with Gasteiger partial charge in [-0.3, -0.25) is 9.59 Å².